The van der Waals surface area contributed by atoms with Gasteiger partial charge in [0.15, 0.2) is 5.76 Å². The van der Waals surface area contributed by atoms with Crippen molar-refractivity contribution in [1.82, 2.24) is 0 Å². The van der Waals surface area contributed by atoms with Crippen molar-refractivity contribution in [3.8, 4) is 11.3 Å². The van der Waals surface area contributed by atoms with Crippen molar-refractivity contribution in [3.63, 3.8) is 0 Å². The first-order valence-electron chi connectivity index (χ1n) is 8.94. The van der Waals surface area contributed by atoms with Crippen LogP contribution in [0.15, 0.2) is 34.7 Å². The molecule has 1 aliphatic heterocycles. The molecule has 2 heterocycles. The first kappa shape index (κ1) is 19.1. The molecule has 7 nitrogen and oxygen atoms in total. The maximum Gasteiger partial charge on any atom is 0.337 e. The van der Waals surface area contributed by atoms with Crippen LogP contribution in [0.5, 0.6) is 0 Å². The van der Waals surface area contributed by atoms with E-state index in [-0.39, 0.29) is 11.1 Å². The molecule has 1 aromatic carbocycles. The summed E-state index contributed by atoms with van der Waals surface area (Å²) in [6.07, 6.45) is 2.55. The van der Waals surface area contributed by atoms with E-state index in [9.17, 15) is 9.59 Å². The Balaban J connectivity index is 1.75. The predicted octanol–water partition coefficient (Wildman–Crippen LogP) is 1.76. The molecule has 2 aromatic rings. The van der Waals surface area contributed by atoms with Gasteiger partial charge in [-0.25, -0.2) is 9.59 Å². The number of rotatable bonds is 7. The second kappa shape index (κ2) is 8.83. The topological polar surface area (TPSA) is 91.6 Å². The summed E-state index contributed by atoms with van der Waals surface area (Å²) in [6, 6.07) is 8.44. The van der Waals surface area contributed by atoms with E-state index < -0.39 is 11.9 Å². The lowest BCUT2D eigenvalue weighted by Gasteiger charge is -2.07. The van der Waals surface area contributed by atoms with E-state index in [0.717, 1.165) is 31.8 Å². The van der Waals surface area contributed by atoms with Crippen molar-refractivity contribution in [2.24, 2.45) is 0 Å². The molecule has 0 aliphatic carbocycles. The van der Waals surface area contributed by atoms with Gasteiger partial charge in [0, 0.05) is 12.2 Å². The molecule has 0 radical (unpaired) electrons. The lowest BCUT2D eigenvalue weighted by atomic mass is 10.0. The molecule has 0 spiro atoms. The molecule has 1 saturated heterocycles. The van der Waals surface area contributed by atoms with E-state index >= 15 is 0 Å². The van der Waals surface area contributed by atoms with Crippen molar-refractivity contribution in [2.75, 3.05) is 27.4 Å². The lowest BCUT2D eigenvalue weighted by molar-refractivity contribution is -0.677. The third-order valence-corrected chi connectivity index (χ3v) is 4.52. The smallest absolute Gasteiger partial charge is 0.337 e. The van der Waals surface area contributed by atoms with Crippen molar-refractivity contribution >= 4 is 11.9 Å². The third-order valence-electron chi connectivity index (χ3n) is 4.52. The molecule has 0 unspecified atom stereocenters. The molecule has 0 bridgehead atoms. The molecule has 144 valence electrons. The normalized spacial score (nSPS) is 16.3. The number of esters is 2. The van der Waals surface area contributed by atoms with Gasteiger partial charge in [0.25, 0.3) is 0 Å². The number of nitrogens with two attached hydrogens (primary N) is 1. The Morgan fingerprint density at radius 1 is 1.11 bits per heavy atom. The SMILES string of the molecule is COC(=O)c1cc(C(=O)OC)cc(-c2ccc(C[NH2+]C[C@@H]3CCCO3)o2)c1. The number of hydrogen-bond donors (Lipinski definition) is 1. The Bertz CT molecular complexity index is 772. The van der Waals surface area contributed by atoms with Crippen LogP contribution in [0.25, 0.3) is 11.3 Å². The van der Waals surface area contributed by atoms with E-state index in [2.05, 4.69) is 5.32 Å². The summed E-state index contributed by atoms with van der Waals surface area (Å²) < 4.78 is 21.0. The van der Waals surface area contributed by atoms with E-state index in [4.69, 9.17) is 18.6 Å². The number of hydrogen-bond acceptors (Lipinski definition) is 6. The monoisotopic (exact) mass is 374 g/mol. The maximum atomic E-state index is 11.9. The van der Waals surface area contributed by atoms with Gasteiger partial charge in [-0.05, 0) is 43.2 Å². The molecule has 2 N–H and O–H groups in total. The van der Waals surface area contributed by atoms with Crippen LogP contribution in [0, 0.1) is 0 Å². The second-order valence-electron chi connectivity index (χ2n) is 6.41. The highest BCUT2D eigenvalue weighted by Crippen LogP contribution is 2.25. The van der Waals surface area contributed by atoms with Crippen LogP contribution in [-0.2, 0) is 20.8 Å². The molecule has 1 atom stereocenters. The summed E-state index contributed by atoms with van der Waals surface area (Å²) in [4.78, 5) is 23.8. The van der Waals surface area contributed by atoms with Crippen molar-refractivity contribution in [1.29, 1.82) is 0 Å². The Morgan fingerprint density at radius 3 is 2.41 bits per heavy atom. The van der Waals surface area contributed by atoms with Gasteiger partial charge in [-0.2, -0.15) is 0 Å². The summed E-state index contributed by atoms with van der Waals surface area (Å²) in [6.45, 7) is 2.45. The quantitative estimate of drug-likeness (QED) is 0.743. The van der Waals surface area contributed by atoms with Crippen molar-refractivity contribution < 1.29 is 33.5 Å². The molecule has 1 fully saturated rings. The zero-order valence-corrected chi connectivity index (χ0v) is 15.5. The van der Waals surface area contributed by atoms with E-state index in [1.54, 1.807) is 12.1 Å². The van der Waals surface area contributed by atoms with Gasteiger partial charge in [-0.3, -0.25) is 0 Å². The first-order chi connectivity index (χ1) is 13.1. The molecular weight excluding hydrogens is 350 g/mol. The number of carbonyl (C=O) groups is 2. The van der Waals surface area contributed by atoms with E-state index in [0.29, 0.717) is 24.0 Å². The largest absolute Gasteiger partial charge is 0.465 e. The van der Waals surface area contributed by atoms with E-state index in [1.807, 2.05) is 12.1 Å². The van der Waals surface area contributed by atoms with Gasteiger partial charge in [0.05, 0.1) is 25.3 Å². The fourth-order valence-electron chi connectivity index (χ4n) is 3.13. The number of ether oxygens (including phenoxy) is 3. The molecule has 3 rings (SSSR count). The molecule has 7 heteroatoms. The summed E-state index contributed by atoms with van der Waals surface area (Å²) in [7, 11) is 2.59. The zero-order valence-electron chi connectivity index (χ0n) is 15.5. The van der Waals surface area contributed by atoms with Crippen molar-refractivity contribution in [2.45, 2.75) is 25.5 Å². The molecule has 1 aromatic heterocycles. The third kappa shape index (κ3) is 4.75. The fourth-order valence-corrected chi connectivity index (χ4v) is 3.13. The molecule has 1 aliphatic rings. The lowest BCUT2D eigenvalue weighted by Crippen LogP contribution is -2.84. The Morgan fingerprint density at radius 2 is 1.81 bits per heavy atom. The minimum Gasteiger partial charge on any atom is -0.465 e. The number of furan rings is 1. The van der Waals surface area contributed by atoms with Gasteiger partial charge in [0.2, 0.25) is 0 Å². The molecule has 0 amide bonds. The van der Waals surface area contributed by atoms with Gasteiger partial charge in [-0.15, -0.1) is 0 Å². The van der Waals surface area contributed by atoms with Gasteiger partial charge < -0.3 is 23.9 Å². The van der Waals surface area contributed by atoms with Gasteiger partial charge >= 0.3 is 11.9 Å². The van der Waals surface area contributed by atoms with Crippen LogP contribution in [-0.4, -0.2) is 45.4 Å². The Kier molecular flexibility index (Phi) is 6.26. The molecule has 27 heavy (non-hydrogen) atoms. The van der Waals surface area contributed by atoms with Crippen LogP contribution >= 0.6 is 0 Å². The highest BCUT2D eigenvalue weighted by Gasteiger charge is 2.18. The average Bonchev–Trinajstić information content (AvgIpc) is 3.38. The standard InChI is InChI=1S/C20H23NO6/c1-24-19(22)14-8-13(9-15(10-14)20(23)25-2)18-6-5-17(27-18)12-21-11-16-4-3-7-26-16/h5-6,8-10,16,21H,3-4,7,11-12H2,1-2H3/p+1/t16-/m0/s1. The summed E-state index contributed by atoms with van der Waals surface area (Å²) in [5.41, 5.74) is 1.14. The number of benzene rings is 1. The van der Waals surface area contributed by atoms with Crippen molar-refractivity contribution in [3.05, 3.63) is 47.2 Å². The van der Waals surface area contributed by atoms with Crippen LogP contribution in [0.1, 0.15) is 39.3 Å². The van der Waals surface area contributed by atoms with E-state index in [1.165, 1.54) is 20.3 Å². The first-order valence-corrected chi connectivity index (χ1v) is 8.94. The van der Waals surface area contributed by atoms with Crippen LogP contribution in [0.3, 0.4) is 0 Å². The Hall–Kier alpha value is -2.64. The highest BCUT2D eigenvalue weighted by atomic mass is 16.5. The minimum absolute atomic E-state index is 0.262. The van der Waals surface area contributed by atoms with Gasteiger partial charge in [-0.1, -0.05) is 0 Å². The zero-order chi connectivity index (χ0) is 19.2. The van der Waals surface area contributed by atoms with Crippen LogP contribution in [0.2, 0.25) is 0 Å². The second-order valence-corrected chi connectivity index (χ2v) is 6.41. The summed E-state index contributed by atoms with van der Waals surface area (Å²) >= 11 is 0. The van der Waals surface area contributed by atoms with Crippen LogP contribution < -0.4 is 5.32 Å². The van der Waals surface area contributed by atoms with Gasteiger partial charge in [0.1, 0.15) is 25.0 Å². The predicted molar refractivity (Wildman–Crippen MR) is 96.3 cm³/mol. The highest BCUT2D eigenvalue weighted by molar-refractivity contribution is 5.97. The number of methoxy groups -OCH3 is 2. The number of carbonyl (C=O) groups excluding carboxylic acids is 2. The Labute approximate surface area is 157 Å². The average molecular weight is 374 g/mol. The number of quaternary nitrogens is 1. The fraction of sp³-hybridized carbons (Fsp3) is 0.400. The summed E-state index contributed by atoms with van der Waals surface area (Å²) in [5.74, 6) is 0.329. The summed E-state index contributed by atoms with van der Waals surface area (Å²) in [5, 5.41) is 2.16. The van der Waals surface area contributed by atoms with Crippen LogP contribution in [0.4, 0.5) is 0 Å². The molecule has 0 saturated carbocycles. The molecular formula is C20H24NO6+. The maximum absolute atomic E-state index is 11.9. The minimum atomic E-state index is -0.529.